The average molecular weight is 166 g/mol. The smallest absolute Gasteiger partial charge is 0.309 e. The lowest BCUT2D eigenvalue weighted by molar-refractivity contribution is -0.143. The van der Waals surface area contributed by atoms with Crippen LogP contribution >= 0.6 is 0 Å². The zero-order valence-electron chi connectivity index (χ0n) is 7.32. The van der Waals surface area contributed by atoms with Gasteiger partial charge in [-0.2, -0.15) is 0 Å². The van der Waals surface area contributed by atoms with E-state index in [4.69, 9.17) is 4.74 Å². The van der Waals surface area contributed by atoms with E-state index in [1.807, 2.05) is 31.2 Å². The van der Waals surface area contributed by atoms with Gasteiger partial charge in [-0.05, 0) is 25.8 Å². The monoisotopic (exact) mass is 166 g/mol. The van der Waals surface area contributed by atoms with Crippen LogP contribution in [0.4, 0.5) is 0 Å². The molecule has 66 valence electrons. The average Bonchev–Trinajstić information content (AvgIpc) is 2.86. The van der Waals surface area contributed by atoms with Crippen molar-refractivity contribution < 1.29 is 9.53 Å². The molecule has 0 heterocycles. The number of carbonyl (C=O) groups is 1. The zero-order valence-corrected chi connectivity index (χ0v) is 7.32. The molecule has 1 saturated carbocycles. The van der Waals surface area contributed by atoms with E-state index in [0.717, 1.165) is 12.8 Å². The van der Waals surface area contributed by atoms with Gasteiger partial charge in [0.1, 0.15) is 6.61 Å². The highest BCUT2D eigenvalue weighted by atomic mass is 16.5. The standard InChI is InChI=1S/C10H14O2/c1-2-3-4-5-8-12-10(11)9-6-7-9/h2-5,9H,6-8H2,1H3/b3-2+,5-4-. The van der Waals surface area contributed by atoms with Gasteiger partial charge in [-0.1, -0.05) is 18.2 Å². The predicted molar refractivity (Wildman–Crippen MR) is 47.6 cm³/mol. The molecule has 0 spiro atoms. The summed E-state index contributed by atoms with van der Waals surface area (Å²) < 4.78 is 4.95. The van der Waals surface area contributed by atoms with Gasteiger partial charge in [0.2, 0.25) is 0 Å². The van der Waals surface area contributed by atoms with Crippen molar-refractivity contribution in [3.05, 3.63) is 24.3 Å². The minimum Gasteiger partial charge on any atom is -0.461 e. The highest BCUT2D eigenvalue weighted by molar-refractivity contribution is 5.74. The van der Waals surface area contributed by atoms with Crippen molar-refractivity contribution in [1.82, 2.24) is 0 Å². The number of rotatable bonds is 4. The van der Waals surface area contributed by atoms with Crippen molar-refractivity contribution >= 4 is 5.97 Å². The van der Waals surface area contributed by atoms with Gasteiger partial charge in [0.15, 0.2) is 0 Å². The molecule has 0 atom stereocenters. The van der Waals surface area contributed by atoms with Gasteiger partial charge in [-0.15, -0.1) is 0 Å². The van der Waals surface area contributed by atoms with Crippen LogP contribution in [0.15, 0.2) is 24.3 Å². The number of allylic oxidation sites excluding steroid dienone is 3. The molecular weight excluding hydrogens is 152 g/mol. The molecule has 2 nitrogen and oxygen atoms in total. The van der Waals surface area contributed by atoms with E-state index in [2.05, 4.69) is 0 Å². The van der Waals surface area contributed by atoms with Crippen LogP contribution in [0.25, 0.3) is 0 Å². The third-order valence-corrected chi connectivity index (χ3v) is 1.67. The van der Waals surface area contributed by atoms with E-state index in [0.29, 0.717) is 6.61 Å². The summed E-state index contributed by atoms with van der Waals surface area (Å²) >= 11 is 0. The fourth-order valence-electron chi connectivity index (χ4n) is 0.812. The molecule has 0 unspecified atom stereocenters. The summed E-state index contributed by atoms with van der Waals surface area (Å²) in [4.78, 5) is 11.0. The molecule has 0 N–H and O–H groups in total. The van der Waals surface area contributed by atoms with Crippen LogP contribution in [0, 0.1) is 5.92 Å². The summed E-state index contributed by atoms with van der Waals surface area (Å²) in [7, 11) is 0. The van der Waals surface area contributed by atoms with E-state index in [-0.39, 0.29) is 11.9 Å². The second kappa shape index (κ2) is 4.75. The second-order valence-corrected chi connectivity index (χ2v) is 2.86. The molecule has 0 bridgehead atoms. The largest absolute Gasteiger partial charge is 0.461 e. The van der Waals surface area contributed by atoms with Crippen molar-refractivity contribution in [2.24, 2.45) is 5.92 Å². The van der Waals surface area contributed by atoms with Crippen LogP contribution in [0.3, 0.4) is 0 Å². The van der Waals surface area contributed by atoms with Gasteiger partial charge < -0.3 is 4.74 Å². The van der Waals surface area contributed by atoms with Gasteiger partial charge >= 0.3 is 5.97 Å². The Hall–Kier alpha value is -1.05. The van der Waals surface area contributed by atoms with E-state index >= 15 is 0 Å². The van der Waals surface area contributed by atoms with E-state index in [1.54, 1.807) is 0 Å². The Morgan fingerprint density at radius 1 is 1.50 bits per heavy atom. The Kier molecular flexibility index (Phi) is 3.58. The highest BCUT2D eigenvalue weighted by Gasteiger charge is 2.30. The fraction of sp³-hybridized carbons (Fsp3) is 0.500. The first-order valence-electron chi connectivity index (χ1n) is 4.29. The molecule has 0 aromatic rings. The van der Waals surface area contributed by atoms with Crippen LogP contribution in [-0.4, -0.2) is 12.6 Å². The summed E-state index contributed by atoms with van der Waals surface area (Å²) in [6, 6.07) is 0. The fourth-order valence-corrected chi connectivity index (χ4v) is 0.812. The van der Waals surface area contributed by atoms with Crippen LogP contribution in [0.1, 0.15) is 19.8 Å². The number of hydrogen-bond donors (Lipinski definition) is 0. The Labute approximate surface area is 72.9 Å². The molecule has 12 heavy (non-hydrogen) atoms. The minimum absolute atomic E-state index is 0.0415. The Balaban J connectivity index is 2.04. The van der Waals surface area contributed by atoms with Gasteiger partial charge in [0, 0.05) is 0 Å². The summed E-state index contributed by atoms with van der Waals surface area (Å²) in [5, 5.41) is 0. The van der Waals surface area contributed by atoms with Crippen LogP contribution in [0.5, 0.6) is 0 Å². The number of esters is 1. The minimum atomic E-state index is -0.0415. The Morgan fingerprint density at radius 2 is 2.25 bits per heavy atom. The SMILES string of the molecule is C/C=C/C=C\COC(=O)C1CC1. The molecule has 0 amide bonds. The van der Waals surface area contributed by atoms with Crippen LogP contribution < -0.4 is 0 Å². The number of hydrogen-bond acceptors (Lipinski definition) is 2. The predicted octanol–water partition coefficient (Wildman–Crippen LogP) is 2.07. The molecule has 0 aromatic carbocycles. The third-order valence-electron chi connectivity index (χ3n) is 1.67. The highest BCUT2D eigenvalue weighted by Crippen LogP contribution is 2.29. The van der Waals surface area contributed by atoms with Crippen molar-refractivity contribution in [2.75, 3.05) is 6.61 Å². The van der Waals surface area contributed by atoms with Gasteiger partial charge in [0.05, 0.1) is 5.92 Å². The molecule has 1 rings (SSSR count). The van der Waals surface area contributed by atoms with E-state index in [1.165, 1.54) is 0 Å². The maximum Gasteiger partial charge on any atom is 0.309 e. The van der Waals surface area contributed by atoms with Crippen molar-refractivity contribution in [3.63, 3.8) is 0 Å². The maximum absolute atomic E-state index is 11.0. The second-order valence-electron chi connectivity index (χ2n) is 2.86. The summed E-state index contributed by atoms with van der Waals surface area (Å²) in [5.74, 6) is 0.167. The van der Waals surface area contributed by atoms with Crippen LogP contribution in [0.2, 0.25) is 0 Å². The maximum atomic E-state index is 11.0. The van der Waals surface area contributed by atoms with Crippen molar-refractivity contribution in [2.45, 2.75) is 19.8 Å². The zero-order chi connectivity index (χ0) is 8.81. The van der Waals surface area contributed by atoms with Gasteiger partial charge in [-0.25, -0.2) is 0 Å². The Morgan fingerprint density at radius 3 is 2.83 bits per heavy atom. The lowest BCUT2D eigenvalue weighted by Gasteiger charge is -1.97. The first kappa shape index (κ1) is 9.04. The number of carbonyl (C=O) groups excluding carboxylic acids is 1. The molecular formula is C10H14O2. The summed E-state index contributed by atoms with van der Waals surface area (Å²) in [5.41, 5.74) is 0. The quantitative estimate of drug-likeness (QED) is 0.472. The summed E-state index contributed by atoms with van der Waals surface area (Å²) in [6.07, 6.45) is 9.57. The van der Waals surface area contributed by atoms with E-state index in [9.17, 15) is 4.79 Å². The van der Waals surface area contributed by atoms with Gasteiger partial charge in [0.25, 0.3) is 0 Å². The van der Waals surface area contributed by atoms with Crippen molar-refractivity contribution in [3.8, 4) is 0 Å². The topological polar surface area (TPSA) is 26.3 Å². The molecule has 1 aliphatic carbocycles. The van der Waals surface area contributed by atoms with Crippen molar-refractivity contribution in [1.29, 1.82) is 0 Å². The molecule has 1 fully saturated rings. The Bertz CT molecular complexity index is 200. The number of ether oxygens (including phenoxy) is 1. The molecule has 0 aliphatic heterocycles. The molecule has 0 aromatic heterocycles. The molecule has 1 aliphatic rings. The normalized spacial score (nSPS) is 17.4. The first-order chi connectivity index (χ1) is 5.84. The first-order valence-corrected chi connectivity index (χ1v) is 4.29. The lowest BCUT2D eigenvalue weighted by Crippen LogP contribution is -2.05. The van der Waals surface area contributed by atoms with Gasteiger partial charge in [-0.3, -0.25) is 4.79 Å². The third kappa shape index (κ3) is 3.37. The lowest BCUT2D eigenvalue weighted by atomic mass is 10.4. The summed E-state index contributed by atoms with van der Waals surface area (Å²) in [6.45, 7) is 2.35. The van der Waals surface area contributed by atoms with E-state index < -0.39 is 0 Å². The molecule has 0 saturated heterocycles. The molecule has 0 radical (unpaired) electrons. The molecule has 2 heteroatoms. The van der Waals surface area contributed by atoms with Crippen LogP contribution in [-0.2, 0) is 9.53 Å².